The van der Waals surface area contributed by atoms with E-state index in [1.807, 2.05) is 6.20 Å². The molecule has 0 spiro atoms. The molecule has 1 unspecified atom stereocenters. The van der Waals surface area contributed by atoms with Gasteiger partial charge in [-0.3, -0.25) is 0 Å². The van der Waals surface area contributed by atoms with Crippen LogP contribution in [-0.4, -0.2) is 27.8 Å². The van der Waals surface area contributed by atoms with Gasteiger partial charge in [0.15, 0.2) is 0 Å². The van der Waals surface area contributed by atoms with Gasteiger partial charge in [0.2, 0.25) is 5.95 Å². The predicted molar refractivity (Wildman–Crippen MR) is 76.4 cm³/mol. The van der Waals surface area contributed by atoms with Crippen molar-refractivity contribution in [3.05, 3.63) is 12.4 Å². The van der Waals surface area contributed by atoms with Crippen LogP contribution in [0.4, 0.5) is 5.95 Å². The van der Waals surface area contributed by atoms with Crippen molar-refractivity contribution in [2.75, 3.05) is 11.9 Å². The molecule has 1 saturated heterocycles. The third kappa shape index (κ3) is 2.94. The molecule has 1 atom stereocenters. The van der Waals surface area contributed by atoms with E-state index in [2.05, 4.69) is 34.9 Å². The largest absolute Gasteiger partial charge is 0.375 e. The van der Waals surface area contributed by atoms with E-state index >= 15 is 0 Å². The monoisotopic (exact) mass is 263 g/mol. The Balaban J connectivity index is 1.68. The van der Waals surface area contributed by atoms with Crippen molar-refractivity contribution < 1.29 is 4.74 Å². The number of hydrogen-bond donors (Lipinski definition) is 1. The van der Waals surface area contributed by atoms with Gasteiger partial charge in [-0.05, 0) is 39.5 Å². The normalized spacial score (nSPS) is 27.6. The number of ether oxygens (including phenoxy) is 1. The topological polar surface area (TPSA) is 39.1 Å². The molecule has 0 radical (unpaired) electrons. The summed E-state index contributed by atoms with van der Waals surface area (Å²) >= 11 is 0. The van der Waals surface area contributed by atoms with Gasteiger partial charge in [-0.15, -0.1) is 0 Å². The second kappa shape index (κ2) is 5.16. The van der Waals surface area contributed by atoms with E-state index < -0.39 is 0 Å². The van der Waals surface area contributed by atoms with Crippen LogP contribution in [-0.2, 0) is 4.74 Å². The minimum atomic E-state index is -0.0132. The second-order valence-corrected chi connectivity index (χ2v) is 6.54. The fourth-order valence-corrected chi connectivity index (χ4v) is 3.44. The van der Waals surface area contributed by atoms with Gasteiger partial charge in [-0.1, -0.05) is 12.8 Å². The Bertz CT molecular complexity index is 421. The van der Waals surface area contributed by atoms with E-state index in [0.29, 0.717) is 12.1 Å². The van der Waals surface area contributed by atoms with Gasteiger partial charge < -0.3 is 14.6 Å². The first kappa shape index (κ1) is 13.0. The maximum absolute atomic E-state index is 5.78. The lowest BCUT2D eigenvalue weighted by Gasteiger charge is -2.36. The zero-order valence-corrected chi connectivity index (χ0v) is 12.1. The first-order valence-electron chi connectivity index (χ1n) is 7.57. The molecule has 4 nitrogen and oxygen atoms in total. The Morgan fingerprint density at radius 2 is 2.11 bits per heavy atom. The first-order chi connectivity index (χ1) is 9.14. The molecule has 2 heterocycles. The summed E-state index contributed by atoms with van der Waals surface area (Å²) in [5.74, 6) is 1.05. The summed E-state index contributed by atoms with van der Waals surface area (Å²) in [5.41, 5.74) is -0.0132. The molecule has 1 saturated carbocycles. The average molecular weight is 263 g/mol. The van der Waals surface area contributed by atoms with Gasteiger partial charge in [-0.2, -0.15) is 0 Å². The van der Waals surface area contributed by atoms with E-state index in [1.165, 1.54) is 25.7 Å². The minimum Gasteiger partial charge on any atom is -0.375 e. The smallest absolute Gasteiger partial charge is 0.203 e. The van der Waals surface area contributed by atoms with Crippen LogP contribution >= 0.6 is 0 Å². The van der Waals surface area contributed by atoms with Crippen LogP contribution in [0.25, 0.3) is 0 Å². The Kier molecular flexibility index (Phi) is 3.52. The number of nitrogens with one attached hydrogen (secondary N) is 1. The number of aromatic nitrogens is 2. The van der Waals surface area contributed by atoms with Gasteiger partial charge in [0.1, 0.15) is 0 Å². The van der Waals surface area contributed by atoms with Crippen LogP contribution in [0.5, 0.6) is 0 Å². The zero-order valence-electron chi connectivity index (χ0n) is 12.1. The van der Waals surface area contributed by atoms with E-state index in [1.54, 1.807) is 0 Å². The number of hydrogen-bond acceptors (Lipinski definition) is 3. The highest BCUT2D eigenvalue weighted by molar-refractivity contribution is 5.29. The molecule has 4 heteroatoms. The number of imidazole rings is 1. The van der Waals surface area contributed by atoms with E-state index in [-0.39, 0.29) is 5.60 Å². The van der Waals surface area contributed by atoms with E-state index in [9.17, 15) is 0 Å². The lowest BCUT2D eigenvalue weighted by molar-refractivity contribution is -0.0554. The van der Waals surface area contributed by atoms with Crippen LogP contribution in [0.15, 0.2) is 12.4 Å². The van der Waals surface area contributed by atoms with Gasteiger partial charge in [0.25, 0.3) is 0 Å². The molecule has 1 N–H and O–H groups in total. The average Bonchev–Trinajstić information content (AvgIpc) is 2.96. The molecular formula is C15H25N3O. The molecular weight excluding hydrogens is 238 g/mol. The third-order valence-electron chi connectivity index (χ3n) is 4.42. The lowest BCUT2D eigenvalue weighted by Crippen LogP contribution is -2.40. The van der Waals surface area contributed by atoms with Crippen molar-refractivity contribution in [1.82, 2.24) is 9.55 Å². The predicted octanol–water partition coefficient (Wildman–Crippen LogP) is 3.37. The maximum atomic E-state index is 5.78. The van der Waals surface area contributed by atoms with Gasteiger partial charge >= 0.3 is 0 Å². The van der Waals surface area contributed by atoms with Gasteiger partial charge in [0, 0.05) is 31.1 Å². The standard InChI is InChI=1S/C15H25N3O/c1-15(2)11-12(7-10-19-15)17-14-16-8-9-18(14)13-5-3-4-6-13/h8-9,12-13H,3-7,10-11H2,1-2H3,(H,16,17). The van der Waals surface area contributed by atoms with Crippen LogP contribution in [0.2, 0.25) is 0 Å². The lowest BCUT2D eigenvalue weighted by atomic mass is 9.94. The minimum absolute atomic E-state index is 0.0132. The van der Waals surface area contributed by atoms with Crippen molar-refractivity contribution >= 4 is 5.95 Å². The van der Waals surface area contributed by atoms with Crippen molar-refractivity contribution in [3.8, 4) is 0 Å². The Morgan fingerprint density at radius 3 is 2.84 bits per heavy atom. The van der Waals surface area contributed by atoms with E-state index in [4.69, 9.17) is 4.74 Å². The highest BCUT2D eigenvalue weighted by atomic mass is 16.5. The molecule has 19 heavy (non-hydrogen) atoms. The molecule has 0 amide bonds. The Hall–Kier alpha value is -1.03. The van der Waals surface area contributed by atoms with Gasteiger partial charge in [0.05, 0.1) is 5.60 Å². The quantitative estimate of drug-likeness (QED) is 0.908. The summed E-state index contributed by atoms with van der Waals surface area (Å²) in [7, 11) is 0. The van der Waals surface area contributed by atoms with Crippen molar-refractivity contribution in [2.24, 2.45) is 0 Å². The molecule has 1 aromatic heterocycles. The van der Waals surface area contributed by atoms with Crippen molar-refractivity contribution in [2.45, 2.75) is 70.1 Å². The fraction of sp³-hybridized carbons (Fsp3) is 0.800. The van der Waals surface area contributed by atoms with Gasteiger partial charge in [-0.25, -0.2) is 4.98 Å². The zero-order chi connectivity index (χ0) is 13.3. The van der Waals surface area contributed by atoms with Crippen LogP contribution in [0.1, 0.15) is 58.4 Å². The number of nitrogens with zero attached hydrogens (tertiary/aromatic N) is 2. The SMILES string of the molecule is CC1(C)CC(Nc2nccn2C2CCCC2)CCO1. The molecule has 1 aliphatic carbocycles. The second-order valence-electron chi connectivity index (χ2n) is 6.54. The maximum Gasteiger partial charge on any atom is 0.203 e. The summed E-state index contributed by atoms with van der Waals surface area (Å²) < 4.78 is 8.12. The Labute approximate surface area is 115 Å². The van der Waals surface area contributed by atoms with Crippen LogP contribution in [0.3, 0.4) is 0 Å². The third-order valence-corrected chi connectivity index (χ3v) is 4.42. The molecule has 2 aliphatic rings. The van der Waals surface area contributed by atoms with Crippen molar-refractivity contribution in [3.63, 3.8) is 0 Å². The highest BCUT2D eigenvalue weighted by Gasteiger charge is 2.30. The molecule has 3 rings (SSSR count). The van der Waals surface area contributed by atoms with Crippen LogP contribution in [0, 0.1) is 0 Å². The van der Waals surface area contributed by atoms with Crippen molar-refractivity contribution in [1.29, 1.82) is 0 Å². The molecule has 0 bridgehead atoms. The molecule has 0 aromatic carbocycles. The summed E-state index contributed by atoms with van der Waals surface area (Å²) in [5, 5.41) is 3.63. The fourth-order valence-electron chi connectivity index (χ4n) is 3.44. The molecule has 1 aromatic rings. The summed E-state index contributed by atoms with van der Waals surface area (Å²) in [6.07, 6.45) is 11.5. The molecule has 2 fully saturated rings. The molecule has 106 valence electrons. The van der Waals surface area contributed by atoms with E-state index in [0.717, 1.165) is 25.4 Å². The highest BCUT2D eigenvalue weighted by Crippen LogP contribution is 2.32. The summed E-state index contributed by atoms with van der Waals surface area (Å²) in [6, 6.07) is 1.13. The Morgan fingerprint density at radius 1 is 1.32 bits per heavy atom. The summed E-state index contributed by atoms with van der Waals surface area (Å²) in [4.78, 5) is 4.51. The van der Waals surface area contributed by atoms with Crippen LogP contribution < -0.4 is 5.32 Å². The number of rotatable bonds is 3. The summed E-state index contributed by atoms with van der Waals surface area (Å²) in [6.45, 7) is 5.18. The number of anilines is 1. The molecule has 1 aliphatic heterocycles. The first-order valence-corrected chi connectivity index (χ1v) is 7.57.